The molecule has 0 radical (unpaired) electrons. The molecule has 1 atom stereocenters. The van der Waals surface area contributed by atoms with Gasteiger partial charge in [0, 0.05) is 6.04 Å². The van der Waals surface area contributed by atoms with Crippen molar-refractivity contribution in [1.82, 2.24) is 5.32 Å². The van der Waals surface area contributed by atoms with Gasteiger partial charge in [-0.25, -0.2) is 0 Å². The fraction of sp³-hybridized carbons (Fsp3) is 0.250. The van der Waals surface area contributed by atoms with Crippen molar-refractivity contribution < 1.29 is 14.0 Å². The quantitative estimate of drug-likeness (QED) is 0.580. The zero-order valence-corrected chi connectivity index (χ0v) is 17.2. The van der Waals surface area contributed by atoms with Gasteiger partial charge >= 0.3 is 0 Å². The summed E-state index contributed by atoms with van der Waals surface area (Å²) in [5, 5.41) is 3.52. The Balaban J connectivity index is 1.80. The van der Waals surface area contributed by atoms with Gasteiger partial charge in [-0.15, -0.1) is 0 Å². The van der Waals surface area contributed by atoms with Crippen molar-refractivity contribution in [3.05, 3.63) is 89.3 Å². The Morgan fingerprint density at radius 2 is 1.67 bits per heavy atom. The number of anilines is 1. The minimum Gasteiger partial charge on any atom is -0.459 e. The smallest absolute Gasteiger partial charge is 0.295 e. The van der Waals surface area contributed by atoms with E-state index in [0.29, 0.717) is 16.3 Å². The number of furan rings is 1. The number of carbonyl (C=O) groups excluding carboxylic acids is 2. The van der Waals surface area contributed by atoms with Gasteiger partial charge < -0.3 is 9.73 Å². The third-order valence-electron chi connectivity index (χ3n) is 5.39. The fourth-order valence-corrected chi connectivity index (χ4v) is 4.16. The summed E-state index contributed by atoms with van der Waals surface area (Å²) in [5.41, 5.74) is 1.16. The number of para-hydroxylation sites is 1. The molecule has 3 aromatic rings. The van der Waals surface area contributed by atoms with Crippen LogP contribution in [0.15, 0.2) is 77.4 Å². The fourth-order valence-electron chi connectivity index (χ4n) is 3.94. The van der Waals surface area contributed by atoms with Crippen LogP contribution < -0.4 is 10.2 Å². The molecule has 1 unspecified atom stereocenters. The summed E-state index contributed by atoms with van der Waals surface area (Å²) < 4.78 is 5.37. The maximum absolute atomic E-state index is 13.5. The van der Waals surface area contributed by atoms with E-state index in [1.165, 1.54) is 11.2 Å². The van der Waals surface area contributed by atoms with Crippen LogP contribution in [0.25, 0.3) is 0 Å². The highest BCUT2D eigenvalue weighted by Crippen LogP contribution is 2.35. The minimum atomic E-state index is -0.885. The van der Waals surface area contributed by atoms with Crippen LogP contribution in [0.3, 0.4) is 0 Å². The molecular weight excluding hydrogens is 400 g/mol. The van der Waals surface area contributed by atoms with Gasteiger partial charge in [-0.3, -0.25) is 14.5 Å². The SMILES string of the molecule is O=C(NC1CCCC1)C(c1ccccc1)N(C(=O)c1ccco1)c1ccccc1Cl. The number of carbonyl (C=O) groups is 2. The molecule has 154 valence electrons. The molecule has 5 nitrogen and oxygen atoms in total. The van der Waals surface area contributed by atoms with Crippen LogP contribution in [0.5, 0.6) is 0 Å². The van der Waals surface area contributed by atoms with E-state index in [1.54, 1.807) is 36.4 Å². The molecule has 6 heteroatoms. The first-order valence-corrected chi connectivity index (χ1v) is 10.5. The summed E-state index contributed by atoms with van der Waals surface area (Å²) in [6.07, 6.45) is 5.53. The molecule has 1 N–H and O–H groups in total. The highest BCUT2D eigenvalue weighted by atomic mass is 35.5. The van der Waals surface area contributed by atoms with Crippen LogP contribution in [0.2, 0.25) is 5.02 Å². The number of amides is 2. The van der Waals surface area contributed by atoms with E-state index in [-0.39, 0.29) is 17.7 Å². The van der Waals surface area contributed by atoms with Gasteiger partial charge in [0.25, 0.3) is 5.91 Å². The summed E-state index contributed by atoms with van der Waals surface area (Å²) in [5.74, 6) is -0.513. The first-order chi connectivity index (χ1) is 14.6. The lowest BCUT2D eigenvalue weighted by atomic mass is 10.0. The van der Waals surface area contributed by atoms with Crippen LogP contribution in [0, 0.1) is 0 Å². The van der Waals surface area contributed by atoms with Crippen LogP contribution in [0.1, 0.15) is 47.8 Å². The van der Waals surface area contributed by atoms with E-state index >= 15 is 0 Å². The summed E-state index contributed by atoms with van der Waals surface area (Å²) >= 11 is 6.47. The molecule has 0 bridgehead atoms. The van der Waals surface area contributed by atoms with E-state index < -0.39 is 11.9 Å². The lowest BCUT2D eigenvalue weighted by Gasteiger charge is -2.32. The van der Waals surface area contributed by atoms with Crippen molar-refractivity contribution in [2.24, 2.45) is 0 Å². The van der Waals surface area contributed by atoms with Crippen LogP contribution >= 0.6 is 11.6 Å². The molecule has 2 aromatic carbocycles. The Morgan fingerprint density at radius 3 is 2.33 bits per heavy atom. The molecule has 30 heavy (non-hydrogen) atoms. The first kappa shape index (κ1) is 20.2. The van der Waals surface area contributed by atoms with Crippen LogP contribution in [-0.4, -0.2) is 17.9 Å². The van der Waals surface area contributed by atoms with Crippen LogP contribution in [-0.2, 0) is 4.79 Å². The average molecular weight is 423 g/mol. The van der Waals surface area contributed by atoms with Crippen molar-refractivity contribution in [3.63, 3.8) is 0 Å². The van der Waals surface area contributed by atoms with E-state index in [4.69, 9.17) is 16.0 Å². The van der Waals surface area contributed by atoms with Gasteiger partial charge in [0.2, 0.25) is 5.91 Å². The second-order valence-electron chi connectivity index (χ2n) is 7.41. The summed E-state index contributed by atoms with van der Waals surface area (Å²) in [6.45, 7) is 0. The molecule has 1 aliphatic carbocycles. The second-order valence-corrected chi connectivity index (χ2v) is 7.81. The number of nitrogens with one attached hydrogen (secondary N) is 1. The summed E-state index contributed by atoms with van der Waals surface area (Å²) in [4.78, 5) is 28.5. The molecule has 1 aliphatic rings. The van der Waals surface area contributed by atoms with E-state index in [0.717, 1.165) is 25.7 Å². The maximum Gasteiger partial charge on any atom is 0.295 e. The zero-order valence-electron chi connectivity index (χ0n) is 16.5. The first-order valence-electron chi connectivity index (χ1n) is 10.1. The second kappa shape index (κ2) is 9.18. The van der Waals surface area contributed by atoms with Crippen molar-refractivity contribution in [2.45, 2.75) is 37.8 Å². The largest absolute Gasteiger partial charge is 0.459 e. The highest BCUT2D eigenvalue weighted by molar-refractivity contribution is 6.34. The van der Waals surface area contributed by atoms with Crippen molar-refractivity contribution >= 4 is 29.1 Å². The van der Waals surface area contributed by atoms with E-state index in [9.17, 15) is 9.59 Å². The number of rotatable bonds is 6. The van der Waals surface area contributed by atoms with Gasteiger partial charge in [0.05, 0.1) is 17.0 Å². The normalized spacial score (nSPS) is 15.0. The summed E-state index contributed by atoms with van der Waals surface area (Å²) in [7, 11) is 0. The van der Waals surface area contributed by atoms with E-state index in [2.05, 4.69) is 5.32 Å². The van der Waals surface area contributed by atoms with Gasteiger partial charge in [-0.1, -0.05) is 66.9 Å². The number of halogens is 1. The Labute approximate surface area is 180 Å². The molecule has 1 aromatic heterocycles. The molecule has 1 heterocycles. The molecule has 1 fully saturated rings. The summed E-state index contributed by atoms with van der Waals surface area (Å²) in [6, 6.07) is 18.8. The van der Waals surface area contributed by atoms with Gasteiger partial charge in [-0.05, 0) is 42.7 Å². The van der Waals surface area contributed by atoms with Crippen molar-refractivity contribution in [2.75, 3.05) is 4.90 Å². The van der Waals surface area contributed by atoms with E-state index in [1.807, 2.05) is 30.3 Å². The molecule has 0 aliphatic heterocycles. The highest BCUT2D eigenvalue weighted by Gasteiger charge is 2.36. The van der Waals surface area contributed by atoms with Crippen molar-refractivity contribution in [1.29, 1.82) is 0 Å². The predicted molar refractivity (Wildman–Crippen MR) is 117 cm³/mol. The van der Waals surface area contributed by atoms with Gasteiger partial charge in [0.15, 0.2) is 5.76 Å². The Morgan fingerprint density at radius 1 is 0.967 bits per heavy atom. The predicted octanol–water partition coefficient (Wildman–Crippen LogP) is 5.38. The Bertz CT molecular complexity index is 998. The number of benzene rings is 2. The Kier molecular flexibility index (Phi) is 6.19. The van der Waals surface area contributed by atoms with Gasteiger partial charge in [0.1, 0.15) is 6.04 Å². The lowest BCUT2D eigenvalue weighted by Crippen LogP contribution is -2.46. The Hall–Kier alpha value is -3.05. The zero-order chi connectivity index (χ0) is 20.9. The van der Waals surface area contributed by atoms with Gasteiger partial charge in [-0.2, -0.15) is 0 Å². The monoisotopic (exact) mass is 422 g/mol. The molecule has 0 saturated heterocycles. The minimum absolute atomic E-state index is 0.121. The van der Waals surface area contributed by atoms with Crippen molar-refractivity contribution in [3.8, 4) is 0 Å². The average Bonchev–Trinajstić information content (AvgIpc) is 3.47. The maximum atomic E-state index is 13.5. The third-order valence-corrected chi connectivity index (χ3v) is 5.71. The lowest BCUT2D eigenvalue weighted by molar-refractivity contribution is -0.123. The molecule has 2 amide bonds. The standard InChI is InChI=1S/C24H23ClN2O3/c25-19-13-6-7-14-20(19)27(24(29)21-15-8-16-30-21)22(17-9-2-1-3-10-17)23(28)26-18-11-4-5-12-18/h1-3,6-10,13-16,18,22H,4-5,11-12H2,(H,26,28). The molecule has 4 rings (SSSR count). The topological polar surface area (TPSA) is 62.6 Å². The number of hydrogen-bond acceptors (Lipinski definition) is 3. The van der Waals surface area contributed by atoms with Crippen LogP contribution in [0.4, 0.5) is 5.69 Å². The molecular formula is C24H23ClN2O3. The number of hydrogen-bond donors (Lipinski definition) is 1. The number of nitrogens with zero attached hydrogens (tertiary/aromatic N) is 1. The third kappa shape index (κ3) is 4.26. The molecule has 0 spiro atoms. The molecule has 1 saturated carbocycles.